The third kappa shape index (κ3) is 6.61. The topological polar surface area (TPSA) is 57.1 Å². The van der Waals surface area contributed by atoms with Crippen molar-refractivity contribution in [2.45, 2.75) is 32.4 Å². The molecule has 0 unspecified atom stereocenters. The lowest BCUT2D eigenvalue weighted by Crippen LogP contribution is -2.47. The number of phenols is 1. The summed E-state index contributed by atoms with van der Waals surface area (Å²) >= 11 is 0. The van der Waals surface area contributed by atoms with Gasteiger partial charge in [0.2, 0.25) is 0 Å². The summed E-state index contributed by atoms with van der Waals surface area (Å²) in [6.07, 6.45) is 2.23. The van der Waals surface area contributed by atoms with Gasteiger partial charge in [0, 0.05) is 32.5 Å². The van der Waals surface area contributed by atoms with Crippen LogP contribution in [0.3, 0.4) is 0 Å². The maximum absolute atomic E-state index is 9.38. The molecule has 3 rings (SSSR count). The lowest BCUT2D eigenvalue weighted by atomic mass is 10.1. The predicted molar refractivity (Wildman–Crippen MR) is 120 cm³/mol. The van der Waals surface area contributed by atoms with Crippen LogP contribution in [0.15, 0.2) is 59.6 Å². The fraction of sp³-hybridized carbons (Fsp3) is 0.381. The molecule has 1 aliphatic rings. The van der Waals surface area contributed by atoms with E-state index >= 15 is 0 Å². The summed E-state index contributed by atoms with van der Waals surface area (Å²) in [6, 6.07) is 17.2. The first-order valence-electron chi connectivity index (χ1n) is 9.27. The van der Waals surface area contributed by atoms with E-state index in [1.807, 2.05) is 42.5 Å². The number of para-hydroxylation sites is 1. The van der Waals surface area contributed by atoms with Gasteiger partial charge in [0.1, 0.15) is 17.6 Å². The number of piperidine rings is 1. The lowest BCUT2D eigenvalue weighted by Gasteiger charge is -2.34. The average molecular weight is 481 g/mol. The number of hydrogen-bond acceptors (Lipinski definition) is 3. The molecule has 5 nitrogen and oxygen atoms in total. The van der Waals surface area contributed by atoms with Crippen molar-refractivity contribution >= 4 is 29.9 Å². The van der Waals surface area contributed by atoms with Gasteiger partial charge >= 0.3 is 0 Å². The number of nitrogens with zero attached hydrogens (tertiary/aromatic N) is 2. The van der Waals surface area contributed by atoms with Crippen molar-refractivity contribution in [2.24, 2.45) is 4.99 Å². The number of aromatic hydroxyl groups is 1. The SMILES string of the molecule is CCNC(=NCc1ccc(O)cc1)N1CCC(Oc2ccccc2)CC1.I. The summed E-state index contributed by atoms with van der Waals surface area (Å²) < 4.78 is 6.07. The highest BCUT2D eigenvalue weighted by Crippen LogP contribution is 2.19. The van der Waals surface area contributed by atoms with Crippen LogP contribution in [0.1, 0.15) is 25.3 Å². The Hall–Kier alpha value is -1.96. The van der Waals surface area contributed by atoms with Crippen molar-refractivity contribution in [1.82, 2.24) is 10.2 Å². The first-order chi connectivity index (χ1) is 12.7. The standard InChI is InChI=1S/C21H27N3O2.HI/c1-2-22-21(23-16-17-8-10-18(25)11-9-17)24-14-12-20(13-15-24)26-19-6-4-3-5-7-19;/h3-11,20,25H,2,12-16H2,1H3,(H,22,23);1H. The van der Waals surface area contributed by atoms with Gasteiger partial charge in [-0.15, -0.1) is 24.0 Å². The predicted octanol–water partition coefficient (Wildman–Crippen LogP) is 4.02. The van der Waals surface area contributed by atoms with E-state index in [1.165, 1.54) is 0 Å². The lowest BCUT2D eigenvalue weighted by molar-refractivity contribution is 0.129. The van der Waals surface area contributed by atoms with Gasteiger partial charge < -0.3 is 20.1 Å². The van der Waals surface area contributed by atoms with Gasteiger partial charge in [-0.2, -0.15) is 0 Å². The number of aliphatic imine (C=N–C) groups is 1. The highest BCUT2D eigenvalue weighted by Gasteiger charge is 2.22. The Balaban J connectivity index is 0.00000261. The minimum atomic E-state index is 0. The number of nitrogens with one attached hydrogen (secondary N) is 1. The van der Waals surface area contributed by atoms with Gasteiger partial charge in [-0.1, -0.05) is 30.3 Å². The Morgan fingerprint density at radius 2 is 1.78 bits per heavy atom. The summed E-state index contributed by atoms with van der Waals surface area (Å²) in [5, 5.41) is 12.8. The van der Waals surface area contributed by atoms with E-state index in [2.05, 4.69) is 17.1 Å². The average Bonchev–Trinajstić information content (AvgIpc) is 2.68. The molecule has 0 aliphatic carbocycles. The number of hydrogen-bond donors (Lipinski definition) is 2. The van der Waals surface area contributed by atoms with E-state index in [0.717, 1.165) is 49.7 Å². The summed E-state index contributed by atoms with van der Waals surface area (Å²) in [5.41, 5.74) is 1.08. The molecule has 0 aromatic heterocycles. The molecule has 1 saturated heterocycles. The van der Waals surface area contributed by atoms with Crippen LogP contribution in [0.2, 0.25) is 0 Å². The van der Waals surface area contributed by atoms with Crippen molar-refractivity contribution < 1.29 is 9.84 Å². The Labute approximate surface area is 178 Å². The summed E-state index contributed by atoms with van der Waals surface area (Å²) in [7, 11) is 0. The minimum Gasteiger partial charge on any atom is -0.508 e. The number of benzene rings is 2. The quantitative estimate of drug-likeness (QED) is 0.385. The van der Waals surface area contributed by atoms with Crippen LogP contribution in [0.4, 0.5) is 0 Å². The largest absolute Gasteiger partial charge is 0.508 e. The van der Waals surface area contributed by atoms with Gasteiger partial charge in [0.05, 0.1) is 6.54 Å². The van der Waals surface area contributed by atoms with Gasteiger partial charge in [0.25, 0.3) is 0 Å². The normalized spacial score (nSPS) is 15.1. The Morgan fingerprint density at radius 1 is 1.11 bits per heavy atom. The summed E-state index contributed by atoms with van der Waals surface area (Å²) in [6.45, 7) is 5.39. The van der Waals surface area contributed by atoms with Crippen LogP contribution in [0, 0.1) is 0 Å². The molecule has 6 heteroatoms. The molecule has 0 radical (unpaired) electrons. The zero-order valence-corrected chi connectivity index (χ0v) is 18.0. The van der Waals surface area contributed by atoms with Crippen LogP contribution in [0.5, 0.6) is 11.5 Å². The number of rotatable bonds is 5. The van der Waals surface area contributed by atoms with Crippen LogP contribution < -0.4 is 10.1 Å². The number of ether oxygens (including phenoxy) is 1. The minimum absolute atomic E-state index is 0. The van der Waals surface area contributed by atoms with E-state index in [-0.39, 0.29) is 35.8 Å². The molecule has 0 spiro atoms. The maximum Gasteiger partial charge on any atom is 0.194 e. The molecule has 2 N–H and O–H groups in total. The molecular weight excluding hydrogens is 453 g/mol. The molecule has 0 atom stereocenters. The molecule has 0 bridgehead atoms. The number of halogens is 1. The molecule has 2 aromatic rings. The van der Waals surface area contributed by atoms with Gasteiger partial charge in [-0.3, -0.25) is 0 Å². The zero-order valence-electron chi connectivity index (χ0n) is 15.7. The molecule has 1 heterocycles. The van der Waals surface area contributed by atoms with Gasteiger partial charge in [0.15, 0.2) is 5.96 Å². The van der Waals surface area contributed by atoms with Crippen LogP contribution in [0.25, 0.3) is 0 Å². The van der Waals surface area contributed by atoms with Gasteiger partial charge in [-0.25, -0.2) is 4.99 Å². The van der Waals surface area contributed by atoms with E-state index in [9.17, 15) is 5.11 Å². The molecular formula is C21H28IN3O2. The number of likely N-dealkylation sites (tertiary alicyclic amines) is 1. The molecule has 2 aromatic carbocycles. The third-order valence-corrected chi connectivity index (χ3v) is 4.47. The summed E-state index contributed by atoms with van der Waals surface area (Å²) in [4.78, 5) is 7.06. The smallest absolute Gasteiger partial charge is 0.194 e. The molecule has 27 heavy (non-hydrogen) atoms. The monoisotopic (exact) mass is 481 g/mol. The molecule has 1 aliphatic heterocycles. The van der Waals surface area contributed by atoms with E-state index in [0.29, 0.717) is 6.54 Å². The second kappa shape index (κ2) is 11.0. The zero-order chi connectivity index (χ0) is 18.2. The van der Waals surface area contributed by atoms with Crippen molar-refractivity contribution in [3.63, 3.8) is 0 Å². The number of phenolic OH excluding ortho intramolecular Hbond substituents is 1. The van der Waals surface area contributed by atoms with Crippen molar-refractivity contribution in [3.8, 4) is 11.5 Å². The highest BCUT2D eigenvalue weighted by molar-refractivity contribution is 14.0. The second-order valence-corrected chi connectivity index (χ2v) is 6.45. The van der Waals surface area contributed by atoms with Gasteiger partial charge in [-0.05, 0) is 36.8 Å². The fourth-order valence-electron chi connectivity index (χ4n) is 3.07. The summed E-state index contributed by atoms with van der Waals surface area (Å²) in [5.74, 6) is 2.17. The van der Waals surface area contributed by atoms with Crippen LogP contribution in [-0.2, 0) is 6.54 Å². The fourth-order valence-corrected chi connectivity index (χ4v) is 3.07. The van der Waals surface area contributed by atoms with Crippen molar-refractivity contribution in [2.75, 3.05) is 19.6 Å². The first kappa shape index (κ1) is 21.3. The molecule has 146 valence electrons. The second-order valence-electron chi connectivity index (χ2n) is 6.45. The Kier molecular flexibility index (Phi) is 8.71. The van der Waals surface area contributed by atoms with Crippen LogP contribution in [-0.4, -0.2) is 41.7 Å². The number of guanidine groups is 1. The Bertz CT molecular complexity index is 699. The molecule has 1 fully saturated rings. The van der Waals surface area contributed by atoms with E-state index < -0.39 is 0 Å². The first-order valence-corrected chi connectivity index (χ1v) is 9.27. The maximum atomic E-state index is 9.38. The van der Waals surface area contributed by atoms with Crippen LogP contribution >= 0.6 is 24.0 Å². The Morgan fingerprint density at radius 3 is 2.41 bits per heavy atom. The molecule has 0 amide bonds. The van der Waals surface area contributed by atoms with Crippen molar-refractivity contribution in [1.29, 1.82) is 0 Å². The van der Waals surface area contributed by atoms with E-state index in [1.54, 1.807) is 12.1 Å². The highest BCUT2D eigenvalue weighted by atomic mass is 127. The van der Waals surface area contributed by atoms with E-state index in [4.69, 9.17) is 9.73 Å². The third-order valence-electron chi connectivity index (χ3n) is 4.47. The van der Waals surface area contributed by atoms with Crippen molar-refractivity contribution in [3.05, 3.63) is 60.2 Å². The molecule has 0 saturated carbocycles.